The molecular formula is C27H33N3O5. The third-order valence-electron chi connectivity index (χ3n) is 6.94. The third-order valence-corrected chi connectivity index (χ3v) is 6.94. The Bertz CT molecular complexity index is 1040. The van der Waals surface area contributed by atoms with Gasteiger partial charge in [-0.1, -0.05) is 6.07 Å². The molecule has 8 nitrogen and oxygen atoms in total. The van der Waals surface area contributed by atoms with Crippen molar-refractivity contribution in [2.75, 3.05) is 40.4 Å². The molecule has 0 aromatic heterocycles. The van der Waals surface area contributed by atoms with Crippen molar-refractivity contribution < 1.29 is 23.9 Å². The summed E-state index contributed by atoms with van der Waals surface area (Å²) in [6.07, 6.45) is 3.25. The molecule has 0 aliphatic carbocycles. The van der Waals surface area contributed by atoms with Crippen LogP contribution < -0.4 is 14.8 Å². The van der Waals surface area contributed by atoms with Gasteiger partial charge in [-0.25, -0.2) is 0 Å². The lowest BCUT2D eigenvalue weighted by Gasteiger charge is -2.37. The molecule has 0 radical (unpaired) electrons. The Labute approximate surface area is 206 Å². The van der Waals surface area contributed by atoms with Crippen molar-refractivity contribution in [3.05, 3.63) is 59.7 Å². The van der Waals surface area contributed by atoms with Gasteiger partial charge in [0.1, 0.15) is 17.5 Å². The van der Waals surface area contributed by atoms with Crippen LogP contribution in [0.1, 0.15) is 46.4 Å². The number of nitrogens with zero attached hydrogens (tertiary/aromatic N) is 2. The van der Waals surface area contributed by atoms with E-state index in [0.29, 0.717) is 48.6 Å². The molecule has 2 aliphatic heterocycles. The Kier molecular flexibility index (Phi) is 7.90. The summed E-state index contributed by atoms with van der Waals surface area (Å²) >= 11 is 0. The number of hydrogen-bond donors (Lipinski definition) is 1. The number of rotatable bonds is 7. The normalized spacial score (nSPS) is 17.1. The summed E-state index contributed by atoms with van der Waals surface area (Å²) in [6.45, 7) is 2.51. The predicted molar refractivity (Wildman–Crippen MR) is 132 cm³/mol. The minimum atomic E-state index is -0.620. The number of piperidine rings is 1. The maximum atomic E-state index is 13.4. The second kappa shape index (κ2) is 11.3. The Morgan fingerprint density at radius 3 is 2.11 bits per heavy atom. The standard InChI is InChI=1S/C27H33N3O5/c1-34-22-10-8-20(9-11-22)26(32)30-16-12-19(13-17-30)24(27(33)29-14-3-4-15-29)28-25(31)21-6-5-7-23(18-21)35-2/h5-11,18-19,24H,3-4,12-17H2,1-2H3,(H,28,31). The molecule has 2 heterocycles. The SMILES string of the molecule is COc1ccc(C(=O)N2CCC(C(NC(=O)c3cccc(OC)c3)C(=O)N3CCCC3)CC2)cc1. The average molecular weight is 480 g/mol. The van der Waals surface area contributed by atoms with Crippen molar-refractivity contribution in [1.82, 2.24) is 15.1 Å². The van der Waals surface area contributed by atoms with Crippen LogP contribution in [-0.4, -0.2) is 74.0 Å². The molecule has 0 spiro atoms. The molecule has 3 amide bonds. The van der Waals surface area contributed by atoms with Crippen LogP contribution in [0.2, 0.25) is 0 Å². The summed E-state index contributed by atoms with van der Waals surface area (Å²) in [6, 6.07) is 13.4. The molecule has 35 heavy (non-hydrogen) atoms. The number of benzene rings is 2. The van der Waals surface area contributed by atoms with Crippen molar-refractivity contribution in [2.45, 2.75) is 31.7 Å². The number of nitrogens with one attached hydrogen (secondary N) is 1. The second-order valence-corrected chi connectivity index (χ2v) is 9.07. The van der Waals surface area contributed by atoms with E-state index >= 15 is 0 Å². The quantitative estimate of drug-likeness (QED) is 0.660. The highest BCUT2D eigenvalue weighted by atomic mass is 16.5. The molecule has 2 aliphatic rings. The van der Waals surface area contributed by atoms with Gasteiger partial charge in [-0.15, -0.1) is 0 Å². The molecule has 2 saturated heterocycles. The first kappa shape index (κ1) is 24.6. The van der Waals surface area contributed by atoms with Gasteiger partial charge in [0, 0.05) is 37.3 Å². The van der Waals surface area contributed by atoms with Gasteiger partial charge in [0.15, 0.2) is 0 Å². The van der Waals surface area contributed by atoms with Gasteiger partial charge < -0.3 is 24.6 Å². The minimum absolute atomic E-state index is 0.0290. The molecule has 0 bridgehead atoms. The summed E-state index contributed by atoms with van der Waals surface area (Å²) in [5, 5.41) is 3.02. The van der Waals surface area contributed by atoms with E-state index in [9.17, 15) is 14.4 Å². The van der Waals surface area contributed by atoms with Crippen molar-refractivity contribution in [3.63, 3.8) is 0 Å². The van der Waals surface area contributed by atoms with E-state index in [2.05, 4.69) is 5.32 Å². The number of methoxy groups -OCH3 is 2. The molecule has 0 saturated carbocycles. The molecule has 8 heteroatoms. The Balaban J connectivity index is 1.45. The summed E-state index contributed by atoms with van der Waals surface area (Å²) in [4.78, 5) is 43.2. The molecule has 1 atom stereocenters. The Hall–Kier alpha value is -3.55. The molecule has 4 rings (SSSR count). The maximum Gasteiger partial charge on any atom is 0.253 e. The Morgan fingerprint density at radius 2 is 1.49 bits per heavy atom. The van der Waals surface area contributed by atoms with E-state index in [-0.39, 0.29) is 23.6 Å². The molecule has 186 valence electrons. The van der Waals surface area contributed by atoms with Crippen molar-refractivity contribution >= 4 is 17.7 Å². The summed E-state index contributed by atoms with van der Waals surface area (Å²) < 4.78 is 10.4. The smallest absolute Gasteiger partial charge is 0.253 e. The number of ether oxygens (including phenoxy) is 2. The molecule has 1 N–H and O–H groups in total. The van der Waals surface area contributed by atoms with Crippen LogP contribution in [0.3, 0.4) is 0 Å². The van der Waals surface area contributed by atoms with E-state index in [4.69, 9.17) is 9.47 Å². The van der Waals surface area contributed by atoms with Crippen molar-refractivity contribution in [2.24, 2.45) is 5.92 Å². The number of likely N-dealkylation sites (tertiary alicyclic amines) is 2. The highest BCUT2D eigenvalue weighted by molar-refractivity contribution is 5.98. The highest BCUT2D eigenvalue weighted by Crippen LogP contribution is 2.26. The van der Waals surface area contributed by atoms with Gasteiger partial charge in [-0.05, 0) is 74.1 Å². The van der Waals surface area contributed by atoms with Crippen LogP contribution in [0.15, 0.2) is 48.5 Å². The zero-order valence-corrected chi connectivity index (χ0v) is 20.4. The Morgan fingerprint density at radius 1 is 0.829 bits per heavy atom. The molecule has 2 aromatic carbocycles. The van der Waals surface area contributed by atoms with Crippen molar-refractivity contribution in [1.29, 1.82) is 0 Å². The van der Waals surface area contributed by atoms with Gasteiger partial charge in [0.25, 0.3) is 11.8 Å². The fourth-order valence-corrected chi connectivity index (χ4v) is 4.86. The average Bonchev–Trinajstić information content (AvgIpc) is 3.46. The lowest BCUT2D eigenvalue weighted by molar-refractivity contribution is -0.134. The highest BCUT2D eigenvalue weighted by Gasteiger charge is 2.37. The van der Waals surface area contributed by atoms with Crippen molar-refractivity contribution in [3.8, 4) is 11.5 Å². The molecule has 1 unspecified atom stereocenters. The fourth-order valence-electron chi connectivity index (χ4n) is 4.86. The minimum Gasteiger partial charge on any atom is -0.497 e. The first-order valence-corrected chi connectivity index (χ1v) is 12.2. The maximum absolute atomic E-state index is 13.4. The topological polar surface area (TPSA) is 88.2 Å². The van der Waals surface area contributed by atoms with Gasteiger partial charge >= 0.3 is 0 Å². The summed E-state index contributed by atoms with van der Waals surface area (Å²) in [7, 11) is 3.15. The van der Waals surface area contributed by atoms with E-state index in [1.807, 2.05) is 9.80 Å². The number of carbonyl (C=O) groups excluding carboxylic acids is 3. The monoisotopic (exact) mass is 479 g/mol. The molecular weight excluding hydrogens is 446 g/mol. The fraction of sp³-hybridized carbons (Fsp3) is 0.444. The van der Waals surface area contributed by atoms with E-state index in [0.717, 1.165) is 25.9 Å². The van der Waals surface area contributed by atoms with Gasteiger partial charge in [-0.3, -0.25) is 14.4 Å². The lowest BCUT2D eigenvalue weighted by atomic mass is 9.88. The number of hydrogen-bond acceptors (Lipinski definition) is 5. The van der Waals surface area contributed by atoms with Crippen LogP contribution in [0.5, 0.6) is 11.5 Å². The van der Waals surface area contributed by atoms with Gasteiger partial charge in [0.2, 0.25) is 5.91 Å². The zero-order valence-electron chi connectivity index (χ0n) is 20.4. The molecule has 2 fully saturated rings. The largest absolute Gasteiger partial charge is 0.497 e. The van der Waals surface area contributed by atoms with Crippen LogP contribution in [0.4, 0.5) is 0 Å². The summed E-state index contributed by atoms with van der Waals surface area (Å²) in [5.74, 6) is 0.893. The van der Waals surface area contributed by atoms with Gasteiger partial charge in [-0.2, -0.15) is 0 Å². The third kappa shape index (κ3) is 5.75. The second-order valence-electron chi connectivity index (χ2n) is 9.07. The summed E-state index contributed by atoms with van der Waals surface area (Å²) in [5.41, 5.74) is 1.07. The van der Waals surface area contributed by atoms with Crippen LogP contribution >= 0.6 is 0 Å². The predicted octanol–water partition coefficient (Wildman–Crippen LogP) is 2.98. The van der Waals surface area contributed by atoms with Crippen LogP contribution in [0, 0.1) is 5.92 Å². The van der Waals surface area contributed by atoms with Crippen LogP contribution in [-0.2, 0) is 4.79 Å². The van der Waals surface area contributed by atoms with Gasteiger partial charge in [0.05, 0.1) is 14.2 Å². The lowest BCUT2D eigenvalue weighted by Crippen LogP contribution is -2.54. The zero-order chi connectivity index (χ0) is 24.8. The first-order valence-electron chi connectivity index (χ1n) is 12.2. The number of carbonyl (C=O) groups is 3. The van der Waals surface area contributed by atoms with Crippen LogP contribution in [0.25, 0.3) is 0 Å². The van der Waals surface area contributed by atoms with E-state index in [1.54, 1.807) is 62.8 Å². The first-order chi connectivity index (χ1) is 17.0. The molecule has 2 aromatic rings. The number of amides is 3. The van der Waals surface area contributed by atoms with E-state index < -0.39 is 6.04 Å². The van der Waals surface area contributed by atoms with E-state index in [1.165, 1.54) is 0 Å².